The number of nitro groups is 1. The minimum absolute atomic E-state index is 0.0495. The number of anilines is 1. The molecule has 0 aliphatic carbocycles. The van der Waals surface area contributed by atoms with Gasteiger partial charge in [-0.3, -0.25) is 10.1 Å². The summed E-state index contributed by atoms with van der Waals surface area (Å²) in [5.41, 5.74) is -0.223. The van der Waals surface area contributed by atoms with Crippen LogP contribution in [-0.4, -0.2) is 35.8 Å². The number of methoxy groups -OCH3 is 1. The summed E-state index contributed by atoms with van der Waals surface area (Å²) in [5.74, 6) is 0.321. The Kier molecular flexibility index (Phi) is 5.07. The van der Waals surface area contributed by atoms with Gasteiger partial charge in [0.25, 0.3) is 5.69 Å². The van der Waals surface area contributed by atoms with Crippen LogP contribution in [0.2, 0.25) is 0 Å². The van der Waals surface area contributed by atoms with Crippen LogP contribution in [0, 0.1) is 10.1 Å². The van der Waals surface area contributed by atoms with E-state index in [2.05, 4.69) is 10.6 Å². The number of ether oxygens (including phenoxy) is 1. The highest BCUT2D eigenvalue weighted by Gasteiger charge is 2.17. The van der Waals surface area contributed by atoms with Crippen LogP contribution in [0.15, 0.2) is 18.2 Å². The zero-order chi connectivity index (χ0) is 14.4. The zero-order valence-corrected chi connectivity index (χ0v) is 10.5. The number of nitrogens with one attached hydrogen (secondary N) is 2. The summed E-state index contributed by atoms with van der Waals surface area (Å²) in [7, 11) is 1.39. The molecular weight excluding hydrogens is 254 g/mol. The second kappa shape index (κ2) is 6.55. The molecule has 1 rings (SSSR count). The molecule has 1 aromatic carbocycles. The van der Waals surface area contributed by atoms with Crippen molar-refractivity contribution in [3.05, 3.63) is 28.3 Å². The topological polar surface area (TPSA) is 114 Å². The van der Waals surface area contributed by atoms with E-state index in [0.29, 0.717) is 5.75 Å². The number of aliphatic hydroxyl groups excluding tert-OH is 1. The molecule has 0 aliphatic rings. The van der Waals surface area contributed by atoms with Crippen molar-refractivity contribution in [2.24, 2.45) is 0 Å². The van der Waals surface area contributed by atoms with E-state index in [4.69, 9.17) is 9.84 Å². The minimum Gasteiger partial charge on any atom is -0.496 e. The highest BCUT2D eigenvalue weighted by atomic mass is 16.6. The Hall–Kier alpha value is -2.35. The van der Waals surface area contributed by atoms with Gasteiger partial charge in [-0.2, -0.15) is 0 Å². The number of aliphatic hydroxyl groups is 1. The van der Waals surface area contributed by atoms with Gasteiger partial charge in [0.2, 0.25) is 0 Å². The molecule has 19 heavy (non-hydrogen) atoms. The molecule has 8 heteroatoms. The van der Waals surface area contributed by atoms with Crippen LogP contribution in [0.3, 0.4) is 0 Å². The first-order valence-electron chi connectivity index (χ1n) is 5.48. The van der Waals surface area contributed by atoms with Gasteiger partial charge in [0, 0.05) is 0 Å². The molecule has 0 bridgehead atoms. The van der Waals surface area contributed by atoms with E-state index in [9.17, 15) is 14.9 Å². The Balaban J connectivity index is 2.88. The second-order valence-corrected chi connectivity index (χ2v) is 3.82. The first-order chi connectivity index (χ1) is 8.97. The normalized spacial score (nSPS) is 11.5. The Morgan fingerprint density at radius 2 is 2.26 bits per heavy atom. The van der Waals surface area contributed by atoms with E-state index in [1.54, 1.807) is 6.92 Å². The van der Waals surface area contributed by atoms with Crippen molar-refractivity contribution in [2.75, 3.05) is 19.0 Å². The Morgan fingerprint density at radius 3 is 2.79 bits per heavy atom. The van der Waals surface area contributed by atoms with Gasteiger partial charge in [-0.15, -0.1) is 0 Å². The van der Waals surface area contributed by atoms with Crippen molar-refractivity contribution < 1.29 is 19.6 Å². The maximum Gasteiger partial charge on any atom is 0.319 e. The van der Waals surface area contributed by atoms with Crippen molar-refractivity contribution >= 4 is 17.4 Å². The molecule has 104 valence electrons. The van der Waals surface area contributed by atoms with Crippen LogP contribution in [-0.2, 0) is 0 Å². The number of rotatable bonds is 5. The number of carbonyl (C=O) groups is 1. The molecular formula is C11H15N3O5. The lowest BCUT2D eigenvalue weighted by molar-refractivity contribution is -0.384. The summed E-state index contributed by atoms with van der Waals surface area (Å²) in [6, 6.07) is 3.01. The van der Waals surface area contributed by atoms with Gasteiger partial charge in [-0.25, -0.2) is 4.79 Å². The predicted octanol–water partition coefficient (Wildman–Crippen LogP) is 1.11. The van der Waals surface area contributed by atoms with Crippen molar-refractivity contribution in [1.82, 2.24) is 5.32 Å². The molecule has 0 saturated heterocycles. The highest BCUT2D eigenvalue weighted by Crippen LogP contribution is 2.28. The van der Waals surface area contributed by atoms with E-state index in [-0.39, 0.29) is 18.0 Å². The summed E-state index contributed by atoms with van der Waals surface area (Å²) in [4.78, 5) is 21.8. The molecule has 0 aliphatic heterocycles. The van der Waals surface area contributed by atoms with Crippen molar-refractivity contribution in [2.45, 2.75) is 13.0 Å². The number of hydrogen-bond acceptors (Lipinski definition) is 5. The number of benzene rings is 1. The number of nitrogens with zero attached hydrogens (tertiary/aromatic N) is 1. The number of carbonyl (C=O) groups excluding carboxylic acids is 1. The van der Waals surface area contributed by atoms with E-state index >= 15 is 0 Å². The molecule has 0 radical (unpaired) electrons. The van der Waals surface area contributed by atoms with Gasteiger partial charge >= 0.3 is 6.03 Å². The van der Waals surface area contributed by atoms with E-state index in [1.807, 2.05) is 0 Å². The average Bonchev–Trinajstić information content (AvgIpc) is 2.38. The van der Waals surface area contributed by atoms with Crippen LogP contribution in [0.25, 0.3) is 0 Å². The van der Waals surface area contributed by atoms with Gasteiger partial charge in [0.05, 0.1) is 30.7 Å². The minimum atomic E-state index is -0.630. The molecule has 8 nitrogen and oxygen atoms in total. The quantitative estimate of drug-likeness (QED) is 0.547. The SMILES string of the molecule is COc1ccc(NC(=O)N[C@@H](C)CO)c([N+](=O)[O-])c1. The van der Waals surface area contributed by atoms with Gasteiger partial charge < -0.3 is 20.5 Å². The Labute approximate surface area is 109 Å². The Morgan fingerprint density at radius 1 is 1.58 bits per heavy atom. The van der Waals surface area contributed by atoms with Crippen LogP contribution in [0.1, 0.15) is 6.92 Å². The summed E-state index contributed by atoms with van der Waals surface area (Å²) in [5, 5.41) is 24.5. The zero-order valence-electron chi connectivity index (χ0n) is 10.5. The molecule has 0 saturated carbocycles. The average molecular weight is 269 g/mol. The van der Waals surface area contributed by atoms with Crippen LogP contribution < -0.4 is 15.4 Å². The number of hydrogen-bond donors (Lipinski definition) is 3. The molecule has 0 aromatic heterocycles. The lowest BCUT2D eigenvalue weighted by Crippen LogP contribution is -2.38. The molecule has 0 unspecified atom stereocenters. The lowest BCUT2D eigenvalue weighted by atomic mass is 10.2. The highest BCUT2D eigenvalue weighted by molar-refractivity contribution is 5.92. The van der Waals surface area contributed by atoms with Crippen molar-refractivity contribution in [1.29, 1.82) is 0 Å². The number of amides is 2. The molecule has 0 fully saturated rings. The number of nitro benzene ring substituents is 1. The fourth-order valence-corrected chi connectivity index (χ4v) is 1.32. The van der Waals surface area contributed by atoms with Gasteiger partial charge in [-0.1, -0.05) is 0 Å². The Bertz CT molecular complexity index is 477. The first-order valence-corrected chi connectivity index (χ1v) is 5.48. The third-order valence-electron chi connectivity index (χ3n) is 2.30. The van der Waals surface area contributed by atoms with Gasteiger partial charge in [0.15, 0.2) is 0 Å². The third-order valence-corrected chi connectivity index (χ3v) is 2.30. The fourth-order valence-electron chi connectivity index (χ4n) is 1.32. The molecule has 0 spiro atoms. The molecule has 0 heterocycles. The molecule has 2 amide bonds. The summed E-state index contributed by atoms with van der Waals surface area (Å²) >= 11 is 0. The van der Waals surface area contributed by atoms with Crippen molar-refractivity contribution in [3.63, 3.8) is 0 Å². The maximum atomic E-state index is 11.5. The summed E-state index contributed by atoms with van der Waals surface area (Å²) in [6.07, 6.45) is 0. The standard InChI is InChI=1S/C11H15N3O5/c1-7(6-15)12-11(16)13-9-4-3-8(19-2)5-10(9)14(17)18/h3-5,7,15H,6H2,1-2H3,(H2,12,13,16)/t7-/m0/s1. The van der Waals surface area contributed by atoms with Crippen LogP contribution in [0.5, 0.6) is 5.75 Å². The predicted molar refractivity (Wildman–Crippen MR) is 68.4 cm³/mol. The molecule has 3 N–H and O–H groups in total. The summed E-state index contributed by atoms with van der Waals surface area (Å²) in [6.45, 7) is 1.38. The smallest absolute Gasteiger partial charge is 0.319 e. The lowest BCUT2D eigenvalue weighted by Gasteiger charge is -2.12. The van der Waals surface area contributed by atoms with Crippen molar-refractivity contribution in [3.8, 4) is 5.75 Å². The summed E-state index contributed by atoms with van der Waals surface area (Å²) < 4.78 is 4.88. The largest absolute Gasteiger partial charge is 0.496 e. The molecule has 1 atom stereocenters. The van der Waals surface area contributed by atoms with Gasteiger partial charge in [-0.05, 0) is 19.1 Å². The van der Waals surface area contributed by atoms with Gasteiger partial charge in [0.1, 0.15) is 11.4 Å². The molecule has 1 aromatic rings. The monoisotopic (exact) mass is 269 g/mol. The fraction of sp³-hybridized carbons (Fsp3) is 0.364. The first kappa shape index (κ1) is 14.7. The van der Waals surface area contributed by atoms with E-state index in [0.717, 1.165) is 0 Å². The third kappa shape index (κ3) is 4.11. The van der Waals surface area contributed by atoms with Crippen LogP contribution in [0.4, 0.5) is 16.2 Å². The second-order valence-electron chi connectivity index (χ2n) is 3.82. The maximum absolute atomic E-state index is 11.5. The number of urea groups is 1. The van der Waals surface area contributed by atoms with E-state index < -0.39 is 17.0 Å². The van der Waals surface area contributed by atoms with E-state index in [1.165, 1.54) is 25.3 Å². The van der Waals surface area contributed by atoms with Crippen LogP contribution >= 0.6 is 0 Å².